The van der Waals surface area contributed by atoms with Crippen LogP contribution in [-0.4, -0.2) is 4.98 Å². The first-order chi connectivity index (χ1) is 7.53. The quantitative estimate of drug-likeness (QED) is 0.736. The molecular formula is C13H22BrNO. The Morgan fingerprint density at radius 2 is 1.94 bits per heavy atom. The molecule has 1 heterocycles. The first kappa shape index (κ1) is 13.8. The van der Waals surface area contributed by atoms with Crippen molar-refractivity contribution in [2.24, 2.45) is 0 Å². The standard InChI is InChI=1S/C13H22BrNO/c1-5-7-9-13(4,8-6-2)11-12(14)16-10(3)15-11/h5-9H2,1-4H3. The predicted molar refractivity (Wildman–Crippen MR) is 70.7 cm³/mol. The molecule has 16 heavy (non-hydrogen) atoms. The molecule has 1 aromatic rings. The fraction of sp³-hybridized carbons (Fsp3) is 0.769. The van der Waals surface area contributed by atoms with Gasteiger partial charge in [-0.25, -0.2) is 4.98 Å². The van der Waals surface area contributed by atoms with Crippen LogP contribution in [-0.2, 0) is 5.41 Å². The summed E-state index contributed by atoms with van der Waals surface area (Å²) >= 11 is 3.49. The fourth-order valence-electron chi connectivity index (χ4n) is 2.25. The van der Waals surface area contributed by atoms with Crippen LogP contribution in [0.15, 0.2) is 9.09 Å². The van der Waals surface area contributed by atoms with Crippen molar-refractivity contribution in [3.8, 4) is 0 Å². The molecule has 0 amide bonds. The van der Waals surface area contributed by atoms with E-state index < -0.39 is 0 Å². The van der Waals surface area contributed by atoms with E-state index in [1.807, 2.05) is 6.92 Å². The summed E-state index contributed by atoms with van der Waals surface area (Å²) in [6, 6.07) is 0. The monoisotopic (exact) mass is 287 g/mol. The highest BCUT2D eigenvalue weighted by molar-refractivity contribution is 9.10. The van der Waals surface area contributed by atoms with E-state index in [9.17, 15) is 0 Å². The number of oxazole rings is 1. The number of aryl methyl sites for hydroxylation is 1. The Morgan fingerprint density at radius 3 is 2.38 bits per heavy atom. The van der Waals surface area contributed by atoms with E-state index >= 15 is 0 Å². The molecule has 0 aliphatic rings. The van der Waals surface area contributed by atoms with Crippen molar-refractivity contribution in [3.63, 3.8) is 0 Å². The van der Waals surface area contributed by atoms with Crippen molar-refractivity contribution in [3.05, 3.63) is 16.3 Å². The van der Waals surface area contributed by atoms with E-state index in [-0.39, 0.29) is 5.41 Å². The lowest BCUT2D eigenvalue weighted by Crippen LogP contribution is -2.22. The summed E-state index contributed by atoms with van der Waals surface area (Å²) in [5.74, 6) is 0.751. The van der Waals surface area contributed by atoms with Crippen molar-refractivity contribution in [1.29, 1.82) is 0 Å². The number of hydrogen-bond acceptors (Lipinski definition) is 2. The zero-order chi connectivity index (χ0) is 12.2. The van der Waals surface area contributed by atoms with Gasteiger partial charge in [0.15, 0.2) is 10.6 Å². The zero-order valence-electron chi connectivity index (χ0n) is 10.8. The molecule has 0 bridgehead atoms. The minimum absolute atomic E-state index is 0.154. The highest BCUT2D eigenvalue weighted by atomic mass is 79.9. The van der Waals surface area contributed by atoms with Gasteiger partial charge in [0.25, 0.3) is 0 Å². The third kappa shape index (κ3) is 3.09. The van der Waals surface area contributed by atoms with Gasteiger partial charge >= 0.3 is 0 Å². The molecule has 0 saturated heterocycles. The average Bonchev–Trinajstić information content (AvgIpc) is 2.56. The third-order valence-electron chi connectivity index (χ3n) is 3.15. The smallest absolute Gasteiger partial charge is 0.193 e. The molecule has 1 rings (SSSR count). The van der Waals surface area contributed by atoms with Gasteiger partial charge in [0.1, 0.15) is 0 Å². The minimum atomic E-state index is 0.154. The molecule has 3 heteroatoms. The maximum absolute atomic E-state index is 5.49. The second-order valence-corrected chi connectivity index (χ2v) is 5.49. The van der Waals surface area contributed by atoms with Gasteiger partial charge in [-0.1, -0.05) is 40.0 Å². The van der Waals surface area contributed by atoms with Gasteiger partial charge in [-0.3, -0.25) is 0 Å². The first-order valence-electron chi connectivity index (χ1n) is 6.17. The molecule has 92 valence electrons. The predicted octanol–water partition coefficient (Wildman–Crippen LogP) is 4.99. The molecule has 0 aromatic carbocycles. The summed E-state index contributed by atoms with van der Waals surface area (Å²) in [5, 5.41) is 0. The number of unbranched alkanes of at least 4 members (excludes halogenated alkanes) is 1. The zero-order valence-corrected chi connectivity index (χ0v) is 12.4. The van der Waals surface area contributed by atoms with Crippen LogP contribution in [0.1, 0.15) is 64.5 Å². The second-order valence-electron chi connectivity index (χ2n) is 4.77. The summed E-state index contributed by atoms with van der Waals surface area (Å²) < 4.78 is 6.31. The van der Waals surface area contributed by atoms with Crippen LogP contribution in [0.5, 0.6) is 0 Å². The second kappa shape index (κ2) is 5.85. The average molecular weight is 288 g/mol. The van der Waals surface area contributed by atoms with Crippen molar-refractivity contribution in [2.75, 3.05) is 0 Å². The van der Waals surface area contributed by atoms with Gasteiger partial charge in [-0.2, -0.15) is 0 Å². The number of hydrogen-bond donors (Lipinski definition) is 0. The molecule has 0 saturated carbocycles. The normalized spacial score (nSPS) is 15.1. The Hall–Kier alpha value is -0.310. The van der Waals surface area contributed by atoms with Crippen molar-refractivity contribution in [2.45, 2.75) is 65.2 Å². The molecule has 2 nitrogen and oxygen atoms in total. The Kier molecular flexibility index (Phi) is 5.03. The van der Waals surface area contributed by atoms with Crippen LogP contribution in [0.25, 0.3) is 0 Å². The number of halogens is 1. The van der Waals surface area contributed by atoms with Gasteiger partial charge in [-0.05, 0) is 28.8 Å². The molecular weight excluding hydrogens is 266 g/mol. The van der Waals surface area contributed by atoms with E-state index in [0.29, 0.717) is 0 Å². The summed E-state index contributed by atoms with van der Waals surface area (Å²) in [7, 11) is 0. The lowest BCUT2D eigenvalue weighted by atomic mass is 9.78. The van der Waals surface area contributed by atoms with Gasteiger partial charge in [0.05, 0.1) is 5.69 Å². The molecule has 0 aliphatic heterocycles. The van der Waals surface area contributed by atoms with Gasteiger partial charge < -0.3 is 4.42 Å². The van der Waals surface area contributed by atoms with Crippen LogP contribution < -0.4 is 0 Å². The maximum Gasteiger partial charge on any atom is 0.193 e. The van der Waals surface area contributed by atoms with Gasteiger partial charge in [0, 0.05) is 12.3 Å². The van der Waals surface area contributed by atoms with Crippen molar-refractivity contribution >= 4 is 15.9 Å². The largest absolute Gasteiger partial charge is 0.434 e. The van der Waals surface area contributed by atoms with E-state index in [1.165, 1.54) is 25.7 Å². The molecule has 0 fully saturated rings. The summed E-state index contributed by atoms with van der Waals surface area (Å²) in [4.78, 5) is 4.54. The molecule has 0 aliphatic carbocycles. The van der Waals surface area contributed by atoms with Crippen LogP contribution >= 0.6 is 15.9 Å². The number of aromatic nitrogens is 1. The first-order valence-corrected chi connectivity index (χ1v) is 6.96. The highest BCUT2D eigenvalue weighted by Crippen LogP contribution is 2.38. The van der Waals surface area contributed by atoms with Gasteiger partial charge in [-0.15, -0.1) is 0 Å². The summed E-state index contributed by atoms with van der Waals surface area (Å²) in [6.45, 7) is 8.66. The molecule has 1 aromatic heterocycles. The lowest BCUT2D eigenvalue weighted by Gasteiger charge is -2.27. The molecule has 0 spiro atoms. The highest BCUT2D eigenvalue weighted by Gasteiger charge is 2.31. The topological polar surface area (TPSA) is 26.0 Å². The Bertz CT molecular complexity index is 335. The van der Waals surface area contributed by atoms with E-state index in [2.05, 4.69) is 41.7 Å². The van der Waals surface area contributed by atoms with Crippen LogP contribution in [0.4, 0.5) is 0 Å². The van der Waals surface area contributed by atoms with Crippen LogP contribution in [0.3, 0.4) is 0 Å². The minimum Gasteiger partial charge on any atom is -0.434 e. The third-order valence-corrected chi connectivity index (χ3v) is 3.69. The lowest BCUT2D eigenvalue weighted by molar-refractivity contribution is 0.368. The Balaban J connectivity index is 2.95. The van der Waals surface area contributed by atoms with Crippen LogP contribution in [0, 0.1) is 6.92 Å². The Morgan fingerprint density at radius 1 is 1.25 bits per heavy atom. The SMILES string of the molecule is CCCCC(C)(CCC)c1nc(C)oc1Br. The number of rotatable bonds is 6. The molecule has 0 radical (unpaired) electrons. The summed E-state index contributed by atoms with van der Waals surface area (Å²) in [5.41, 5.74) is 1.25. The molecule has 1 unspecified atom stereocenters. The Labute approximate surface area is 107 Å². The van der Waals surface area contributed by atoms with E-state index in [0.717, 1.165) is 22.7 Å². The summed E-state index contributed by atoms with van der Waals surface area (Å²) in [6.07, 6.45) is 6.00. The van der Waals surface area contributed by atoms with Crippen LogP contribution in [0.2, 0.25) is 0 Å². The molecule has 1 atom stereocenters. The van der Waals surface area contributed by atoms with Crippen molar-refractivity contribution < 1.29 is 4.42 Å². The van der Waals surface area contributed by atoms with Gasteiger partial charge in [0.2, 0.25) is 0 Å². The maximum atomic E-state index is 5.49. The van der Waals surface area contributed by atoms with Crippen molar-refractivity contribution in [1.82, 2.24) is 4.98 Å². The number of nitrogens with zero attached hydrogens (tertiary/aromatic N) is 1. The molecule has 0 N–H and O–H groups in total. The van der Waals surface area contributed by atoms with E-state index in [4.69, 9.17) is 4.42 Å². The van der Waals surface area contributed by atoms with E-state index in [1.54, 1.807) is 0 Å². The fourth-order valence-corrected chi connectivity index (χ4v) is 3.06.